The zero-order valence-corrected chi connectivity index (χ0v) is 11.5. The molecule has 0 aliphatic heterocycles. The molecule has 0 aliphatic carbocycles. The number of ether oxygens (including phenoxy) is 1. The summed E-state index contributed by atoms with van der Waals surface area (Å²) in [6, 6.07) is 4.10. The van der Waals surface area contributed by atoms with Gasteiger partial charge < -0.3 is 9.72 Å². The largest absolute Gasteiger partial charge is 0.426 e. The molecule has 96 valence electrons. The molecule has 1 aromatic carbocycles. The summed E-state index contributed by atoms with van der Waals surface area (Å²) >= 11 is 0. The lowest BCUT2D eigenvalue weighted by Crippen LogP contribution is -2.03. The Kier molecular flexibility index (Phi) is 3.16. The zero-order valence-electron chi connectivity index (χ0n) is 11.5. The summed E-state index contributed by atoms with van der Waals surface area (Å²) in [5, 5.41) is 1.01. The van der Waals surface area contributed by atoms with Crippen LogP contribution < -0.4 is 4.74 Å². The van der Waals surface area contributed by atoms with Crippen LogP contribution >= 0.6 is 0 Å². The first-order valence-corrected chi connectivity index (χ1v) is 6.21. The zero-order chi connectivity index (χ0) is 13.4. The van der Waals surface area contributed by atoms with Gasteiger partial charge in [-0.3, -0.25) is 4.79 Å². The van der Waals surface area contributed by atoms with Gasteiger partial charge in [-0.2, -0.15) is 0 Å². The van der Waals surface area contributed by atoms with Crippen LogP contribution in [-0.4, -0.2) is 11.0 Å². The first-order valence-electron chi connectivity index (χ1n) is 6.21. The lowest BCUT2D eigenvalue weighted by molar-refractivity contribution is -0.131. The molecule has 0 amide bonds. The summed E-state index contributed by atoms with van der Waals surface area (Å²) in [4.78, 5) is 14.6. The molecular weight excluding hydrogens is 226 g/mol. The standard InChI is InChI=1S/C15H19NO2/c1-8(2)12-6-13-15(9(3)10(4)16-13)14(7-12)18-11(5)17/h6-8,16H,1-5H3. The van der Waals surface area contributed by atoms with E-state index in [1.807, 2.05) is 19.9 Å². The van der Waals surface area contributed by atoms with Gasteiger partial charge in [0.05, 0.1) is 0 Å². The van der Waals surface area contributed by atoms with Crippen LogP contribution in [0, 0.1) is 13.8 Å². The van der Waals surface area contributed by atoms with Crippen molar-refractivity contribution >= 4 is 16.9 Å². The van der Waals surface area contributed by atoms with Gasteiger partial charge in [0.2, 0.25) is 0 Å². The van der Waals surface area contributed by atoms with E-state index in [0.29, 0.717) is 11.7 Å². The van der Waals surface area contributed by atoms with Gasteiger partial charge in [0.1, 0.15) is 5.75 Å². The van der Waals surface area contributed by atoms with Crippen LogP contribution in [0.4, 0.5) is 0 Å². The smallest absolute Gasteiger partial charge is 0.308 e. The molecule has 3 nitrogen and oxygen atoms in total. The summed E-state index contributed by atoms with van der Waals surface area (Å²) in [6.45, 7) is 9.75. The number of carbonyl (C=O) groups is 1. The van der Waals surface area contributed by atoms with Crippen LogP contribution in [0.2, 0.25) is 0 Å². The van der Waals surface area contributed by atoms with Crippen LogP contribution in [0.25, 0.3) is 10.9 Å². The molecule has 0 radical (unpaired) electrons. The number of aromatic nitrogens is 1. The highest BCUT2D eigenvalue weighted by Gasteiger charge is 2.14. The summed E-state index contributed by atoms with van der Waals surface area (Å²) in [5.41, 5.74) is 4.45. The number of aromatic amines is 1. The van der Waals surface area contributed by atoms with Gasteiger partial charge in [-0.25, -0.2) is 0 Å². The van der Waals surface area contributed by atoms with Crippen molar-refractivity contribution in [2.24, 2.45) is 0 Å². The molecule has 0 bridgehead atoms. The highest BCUT2D eigenvalue weighted by molar-refractivity contribution is 5.92. The highest BCUT2D eigenvalue weighted by Crippen LogP contribution is 2.34. The Labute approximate surface area is 107 Å². The second-order valence-corrected chi connectivity index (χ2v) is 5.06. The Morgan fingerprint density at radius 3 is 2.50 bits per heavy atom. The summed E-state index contributed by atoms with van der Waals surface area (Å²) in [6.07, 6.45) is 0. The van der Waals surface area contributed by atoms with Crippen molar-refractivity contribution in [1.82, 2.24) is 4.98 Å². The number of esters is 1. The minimum atomic E-state index is -0.282. The number of hydrogen-bond acceptors (Lipinski definition) is 2. The molecule has 1 aromatic heterocycles. The fourth-order valence-corrected chi connectivity index (χ4v) is 2.17. The van der Waals surface area contributed by atoms with Gasteiger partial charge in [0.25, 0.3) is 0 Å². The van der Waals surface area contributed by atoms with E-state index in [1.54, 1.807) is 0 Å². The maximum Gasteiger partial charge on any atom is 0.308 e. The first kappa shape index (κ1) is 12.7. The predicted molar refractivity (Wildman–Crippen MR) is 73.2 cm³/mol. The molecular formula is C15H19NO2. The van der Waals surface area contributed by atoms with Crippen LogP contribution in [0.1, 0.15) is 43.5 Å². The molecule has 3 heteroatoms. The Hall–Kier alpha value is -1.77. The Bertz CT molecular complexity index is 608. The number of H-pyrrole nitrogens is 1. The number of rotatable bonds is 2. The number of fused-ring (bicyclic) bond motifs is 1. The van der Waals surface area contributed by atoms with Gasteiger partial charge >= 0.3 is 5.97 Å². The van der Waals surface area contributed by atoms with Crippen molar-refractivity contribution in [2.75, 3.05) is 0 Å². The van der Waals surface area contributed by atoms with E-state index in [0.717, 1.165) is 22.2 Å². The maximum atomic E-state index is 11.2. The Morgan fingerprint density at radius 2 is 1.94 bits per heavy atom. The summed E-state index contributed by atoms with van der Waals surface area (Å²) in [5.74, 6) is 0.772. The average molecular weight is 245 g/mol. The quantitative estimate of drug-likeness (QED) is 0.645. The van der Waals surface area contributed by atoms with Gasteiger partial charge in [-0.05, 0) is 43.0 Å². The number of aryl methyl sites for hydroxylation is 2. The van der Waals surface area contributed by atoms with Crippen molar-refractivity contribution in [2.45, 2.75) is 40.5 Å². The predicted octanol–water partition coefficient (Wildman–Crippen LogP) is 3.83. The van der Waals surface area contributed by atoms with E-state index < -0.39 is 0 Å². The number of carbonyl (C=O) groups excluding carboxylic acids is 1. The molecule has 2 aromatic rings. The molecule has 1 N–H and O–H groups in total. The van der Waals surface area contributed by atoms with Crippen molar-refractivity contribution in [3.8, 4) is 5.75 Å². The second kappa shape index (κ2) is 4.48. The summed E-state index contributed by atoms with van der Waals surface area (Å²) in [7, 11) is 0. The van der Waals surface area contributed by atoms with Crippen LogP contribution in [0.15, 0.2) is 12.1 Å². The Morgan fingerprint density at radius 1 is 1.28 bits per heavy atom. The fraction of sp³-hybridized carbons (Fsp3) is 0.400. The molecule has 0 saturated heterocycles. The minimum absolute atomic E-state index is 0.282. The topological polar surface area (TPSA) is 42.1 Å². The Balaban J connectivity index is 2.73. The fourth-order valence-electron chi connectivity index (χ4n) is 2.17. The van der Waals surface area contributed by atoms with E-state index in [1.165, 1.54) is 12.5 Å². The van der Waals surface area contributed by atoms with Gasteiger partial charge in [0, 0.05) is 23.5 Å². The third kappa shape index (κ3) is 2.13. The van der Waals surface area contributed by atoms with Gasteiger partial charge in [-0.15, -0.1) is 0 Å². The molecule has 0 fully saturated rings. The SMILES string of the molecule is CC(=O)Oc1cc(C(C)C)cc2[nH]c(C)c(C)c12. The van der Waals surface area contributed by atoms with Crippen molar-refractivity contribution in [3.63, 3.8) is 0 Å². The minimum Gasteiger partial charge on any atom is -0.426 e. The molecule has 0 aliphatic rings. The van der Waals surface area contributed by atoms with E-state index in [-0.39, 0.29) is 5.97 Å². The highest BCUT2D eigenvalue weighted by atomic mass is 16.5. The monoisotopic (exact) mass is 245 g/mol. The van der Waals surface area contributed by atoms with Crippen LogP contribution in [-0.2, 0) is 4.79 Å². The van der Waals surface area contributed by atoms with Crippen LogP contribution in [0.5, 0.6) is 5.75 Å². The summed E-state index contributed by atoms with van der Waals surface area (Å²) < 4.78 is 5.35. The van der Waals surface area contributed by atoms with Crippen molar-refractivity contribution in [3.05, 3.63) is 29.0 Å². The molecule has 0 atom stereocenters. The molecule has 0 unspecified atom stereocenters. The van der Waals surface area contributed by atoms with Gasteiger partial charge in [-0.1, -0.05) is 13.8 Å². The van der Waals surface area contributed by atoms with E-state index >= 15 is 0 Å². The molecule has 0 spiro atoms. The normalized spacial score (nSPS) is 11.2. The van der Waals surface area contributed by atoms with Gasteiger partial charge in [0.15, 0.2) is 0 Å². The van der Waals surface area contributed by atoms with Crippen molar-refractivity contribution < 1.29 is 9.53 Å². The van der Waals surface area contributed by atoms with Crippen LogP contribution in [0.3, 0.4) is 0 Å². The van der Waals surface area contributed by atoms with E-state index in [2.05, 4.69) is 24.9 Å². The third-order valence-corrected chi connectivity index (χ3v) is 3.30. The van der Waals surface area contributed by atoms with E-state index in [9.17, 15) is 4.79 Å². The number of hydrogen-bond donors (Lipinski definition) is 1. The third-order valence-electron chi connectivity index (χ3n) is 3.30. The lowest BCUT2D eigenvalue weighted by Gasteiger charge is -2.10. The maximum absolute atomic E-state index is 11.2. The molecule has 2 rings (SSSR count). The molecule has 1 heterocycles. The number of nitrogens with one attached hydrogen (secondary N) is 1. The molecule has 18 heavy (non-hydrogen) atoms. The second-order valence-electron chi connectivity index (χ2n) is 5.06. The first-order chi connectivity index (χ1) is 8.40. The molecule has 0 saturated carbocycles. The number of benzene rings is 1. The average Bonchev–Trinajstić information content (AvgIpc) is 2.54. The lowest BCUT2D eigenvalue weighted by atomic mass is 10.0. The van der Waals surface area contributed by atoms with Crippen molar-refractivity contribution in [1.29, 1.82) is 0 Å². The van der Waals surface area contributed by atoms with E-state index in [4.69, 9.17) is 4.74 Å².